The summed E-state index contributed by atoms with van der Waals surface area (Å²) in [4.78, 5) is 24.9. The molecule has 12 heteroatoms. The maximum Gasteiger partial charge on any atom is 0.405 e. The monoisotopic (exact) mass is 480 g/mol. The number of H-pyrrole nitrogens is 1. The van der Waals surface area contributed by atoms with Gasteiger partial charge in [0.15, 0.2) is 5.82 Å². The first kappa shape index (κ1) is 22.3. The van der Waals surface area contributed by atoms with Crippen LogP contribution < -0.4 is 15.1 Å². The molecular weight excluding hydrogens is 461 g/mol. The quantitative estimate of drug-likeness (QED) is 0.425. The number of fused-ring (bicyclic) bond motifs is 1. The summed E-state index contributed by atoms with van der Waals surface area (Å²) in [6, 6.07) is 14.1. The zero-order chi connectivity index (χ0) is 24.6. The van der Waals surface area contributed by atoms with Crippen molar-refractivity contribution in [3.05, 3.63) is 72.1 Å². The number of anilines is 4. The first-order chi connectivity index (χ1) is 16.8. The molecule has 0 atom stereocenters. The van der Waals surface area contributed by atoms with Gasteiger partial charge in [-0.15, -0.1) is 0 Å². The van der Waals surface area contributed by atoms with Gasteiger partial charge in [0.2, 0.25) is 5.95 Å². The molecule has 2 amide bonds. The molecule has 0 aliphatic carbocycles. The van der Waals surface area contributed by atoms with Gasteiger partial charge in [-0.05, 0) is 31.2 Å². The molecule has 1 aliphatic rings. The van der Waals surface area contributed by atoms with E-state index in [1.54, 1.807) is 35.4 Å². The second-order valence-corrected chi connectivity index (χ2v) is 7.95. The van der Waals surface area contributed by atoms with Gasteiger partial charge in [0.25, 0.3) is 0 Å². The molecule has 1 aliphatic heterocycles. The molecule has 0 saturated carbocycles. The smallest absolute Gasteiger partial charge is 0.345 e. The van der Waals surface area contributed by atoms with Crippen LogP contribution >= 0.6 is 0 Å². The lowest BCUT2D eigenvalue weighted by Gasteiger charge is -2.36. The molecule has 2 aromatic carbocycles. The fourth-order valence-electron chi connectivity index (χ4n) is 3.70. The molecule has 5 rings (SSSR count). The van der Waals surface area contributed by atoms with Crippen molar-refractivity contribution in [2.24, 2.45) is 0 Å². The Morgan fingerprint density at radius 3 is 2.40 bits per heavy atom. The van der Waals surface area contributed by atoms with Crippen molar-refractivity contribution in [3.63, 3.8) is 0 Å². The van der Waals surface area contributed by atoms with Gasteiger partial charge in [-0.1, -0.05) is 29.8 Å². The van der Waals surface area contributed by atoms with E-state index >= 15 is 0 Å². The molecule has 0 spiro atoms. The Bertz CT molecular complexity index is 1340. The summed E-state index contributed by atoms with van der Waals surface area (Å²) in [5.74, 6) is -0.00546. The molecule has 4 aromatic rings. The van der Waals surface area contributed by atoms with Gasteiger partial charge >= 0.3 is 12.2 Å². The lowest BCUT2D eigenvalue weighted by atomic mass is 10.1. The van der Waals surface area contributed by atoms with Crippen LogP contribution in [0, 0.1) is 6.92 Å². The number of urea groups is 1. The van der Waals surface area contributed by atoms with Crippen LogP contribution in [-0.2, 0) is 6.54 Å². The SMILES string of the molecule is Cc1ccc(N2Cc3cnc(NCC(F)(F)F)nc3N(c3ccc(-c4cn[nH]n4)cc3)C2=O)cc1. The van der Waals surface area contributed by atoms with E-state index in [1.165, 1.54) is 11.1 Å². The zero-order valence-corrected chi connectivity index (χ0v) is 18.4. The normalized spacial score (nSPS) is 13.7. The Hall–Kier alpha value is -4.48. The number of aromatic amines is 1. The number of carbonyl (C=O) groups is 1. The molecule has 9 nitrogen and oxygen atoms in total. The minimum atomic E-state index is -4.44. The van der Waals surface area contributed by atoms with Crippen molar-refractivity contribution in [1.29, 1.82) is 0 Å². The standard InChI is InChI=1S/C23H19F3N8O/c1-14-2-6-17(7-3-14)33-12-16-10-27-21(28-13-23(24,25)26)30-20(16)34(22(33)35)18-8-4-15(5-9-18)19-11-29-32-31-19/h2-11H,12-13H2,1H3,(H,27,28,30)(H,29,31,32). The number of rotatable bonds is 5. The number of aromatic nitrogens is 5. The van der Waals surface area contributed by atoms with Gasteiger partial charge in [-0.25, -0.2) is 14.7 Å². The maximum atomic E-state index is 13.7. The molecule has 2 N–H and O–H groups in total. The fourth-order valence-corrected chi connectivity index (χ4v) is 3.70. The van der Waals surface area contributed by atoms with E-state index < -0.39 is 18.8 Å². The average molecular weight is 480 g/mol. The van der Waals surface area contributed by atoms with Crippen LogP contribution in [0.4, 0.5) is 41.1 Å². The molecule has 0 radical (unpaired) electrons. The number of aryl methyl sites for hydroxylation is 1. The Morgan fingerprint density at radius 2 is 1.74 bits per heavy atom. The van der Waals surface area contributed by atoms with Crippen LogP contribution in [0.5, 0.6) is 0 Å². The average Bonchev–Trinajstić information content (AvgIpc) is 3.38. The number of hydrogen-bond acceptors (Lipinski definition) is 6. The van der Waals surface area contributed by atoms with Gasteiger partial charge in [0.05, 0.1) is 18.4 Å². The molecule has 0 saturated heterocycles. The second-order valence-electron chi connectivity index (χ2n) is 7.95. The second kappa shape index (κ2) is 8.70. The first-order valence-electron chi connectivity index (χ1n) is 10.6. The van der Waals surface area contributed by atoms with E-state index in [0.717, 1.165) is 11.1 Å². The molecule has 0 unspecified atom stereocenters. The zero-order valence-electron chi connectivity index (χ0n) is 18.4. The minimum Gasteiger partial charge on any atom is -0.345 e. The van der Waals surface area contributed by atoms with E-state index in [0.29, 0.717) is 22.6 Å². The number of nitrogens with one attached hydrogen (secondary N) is 2. The van der Waals surface area contributed by atoms with Crippen molar-refractivity contribution in [3.8, 4) is 11.3 Å². The summed E-state index contributed by atoms with van der Waals surface area (Å²) in [5.41, 5.74) is 4.20. The topological polar surface area (TPSA) is 103 Å². The van der Waals surface area contributed by atoms with Crippen LogP contribution in [0.3, 0.4) is 0 Å². The Balaban J connectivity index is 1.55. The first-order valence-corrected chi connectivity index (χ1v) is 10.6. The molecular formula is C23H19F3N8O. The van der Waals surface area contributed by atoms with Crippen molar-refractivity contribution in [2.45, 2.75) is 19.6 Å². The van der Waals surface area contributed by atoms with Crippen LogP contribution in [0.2, 0.25) is 0 Å². The fraction of sp³-hybridized carbons (Fsp3) is 0.174. The lowest BCUT2D eigenvalue weighted by Crippen LogP contribution is -2.45. The van der Waals surface area contributed by atoms with E-state index in [-0.39, 0.29) is 18.3 Å². The number of halogens is 3. The number of amides is 2. The molecule has 2 aromatic heterocycles. The van der Waals surface area contributed by atoms with E-state index in [9.17, 15) is 18.0 Å². The third kappa shape index (κ3) is 4.63. The Kier molecular flexibility index (Phi) is 5.55. The Labute approximate surface area is 197 Å². The van der Waals surface area contributed by atoms with Crippen molar-refractivity contribution in [1.82, 2.24) is 25.4 Å². The van der Waals surface area contributed by atoms with E-state index in [2.05, 4.69) is 30.7 Å². The summed E-state index contributed by atoms with van der Waals surface area (Å²) in [7, 11) is 0. The maximum absolute atomic E-state index is 13.7. The van der Waals surface area contributed by atoms with Crippen LogP contribution in [0.25, 0.3) is 11.3 Å². The largest absolute Gasteiger partial charge is 0.405 e. The van der Waals surface area contributed by atoms with E-state index in [4.69, 9.17) is 0 Å². The molecule has 0 fully saturated rings. The van der Waals surface area contributed by atoms with Crippen LogP contribution in [0.1, 0.15) is 11.1 Å². The number of benzene rings is 2. The van der Waals surface area contributed by atoms with Crippen LogP contribution in [0.15, 0.2) is 60.9 Å². The highest BCUT2D eigenvalue weighted by atomic mass is 19.4. The van der Waals surface area contributed by atoms with Gasteiger partial charge in [-0.3, -0.25) is 4.90 Å². The summed E-state index contributed by atoms with van der Waals surface area (Å²) in [6.45, 7) is 0.828. The van der Waals surface area contributed by atoms with Crippen molar-refractivity contribution >= 4 is 29.2 Å². The molecule has 3 heterocycles. The third-order valence-corrected chi connectivity index (χ3v) is 5.43. The number of nitrogens with zero attached hydrogens (tertiary/aromatic N) is 6. The highest BCUT2D eigenvalue weighted by molar-refractivity contribution is 6.10. The molecule has 0 bridgehead atoms. The predicted octanol–water partition coefficient (Wildman–Crippen LogP) is 4.82. The third-order valence-electron chi connectivity index (χ3n) is 5.43. The van der Waals surface area contributed by atoms with Crippen molar-refractivity contribution < 1.29 is 18.0 Å². The summed E-state index contributed by atoms with van der Waals surface area (Å²) >= 11 is 0. The highest BCUT2D eigenvalue weighted by Crippen LogP contribution is 2.36. The van der Waals surface area contributed by atoms with Crippen molar-refractivity contribution in [2.75, 3.05) is 21.7 Å². The molecule has 35 heavy (non-hydrogen) atoms. The predicted molar refractivity (Wildman–Crippen MR) is 123 cm³/mol. The summed E-state index contributed by atoms with van der Waals surface area (Å²) in [6.07, 6.45) is -1.43. The van der Waals surface area contributed by atoms with Gasteiger partial charge in [-0.2, -0.15) is 33.6 Å². The highest BCUT2D eigenvalue weighted by Gasteiger charge is 2.35. The summed E-state index contributed by atoms with van der Waals surface area (Å²) < 4.78 is 38.1. The minimum absolute atomic E-state index is 0.171. The van der Waals surface area contributed by atoms with Gasteiger partial charge in [0.1, 0.15) is 12.2 Å². The summed E-state index contributed by atoms with van der Waals surface area (Å²) in [5, 5.41) is 12.6. The number of hydrogen-bond donors (Lipinski definition) is 2. The van der Waals surface area contributed by atoms with Gasteiger partial charge in [0, 0.05) is 23.0 Å². The van der Waals surface area contributed by atoms with E-state index in [1.807, 2.05) is 31.2 Å². The number of carbonyl (C=O) groups excluding carboxylic acids is 1. The Morgan fingerprint density at radius 1 is 1.03 bits per heavy atom. The lowest BCUT2D eigenvalue weighted by molar-refractivity contribution is -0.115. The van der Waals surface area contributed by atoms with Crippen LogP contribution in [-0.4, -0.2) is 44.1 Å². The van der Waals surface area contributed by atoms with Gasteiger partial charge < -0.3 is 5.32 Å². The number of alkyl halides is 3. The molecule has 178 valence electrons.